The molecule has 40 heavy (non-hydrogen) atoms. The molecule has 0 amide bonds. The number of thioether (sulfide) groups is 1. The zero-order valence-corrected chi connectivity index (χ0v) is 25.0. The van der Waals surface area contributed by atoms with Crippen LogP contribution in [0.2, 0.25) is 5.15 Å². The van der Waals surface area contributed by atoms with E-state index < -0.39 is 50.4 Å². The summed E-state index contributed by atoms with van der Waals surface area (Å²) < 4.78 is 72.2. The summed E-state index contributed by atoms with van der Waals surface area (Å²) in [5.41, 5.74) is 0.704. The highest BCUT2D eigenvalue weighted by Gasteiger charge is 2.56. The minimum absolute atomic E-state index is 0.0144. The molecule has 11 nitrogen and oxygen atoms in total. The molecule has 0 unspecified atom stereocenters. The maximum absolute atomic E-state index is 14.1. The molecule has 3 aliphatic heterocycles. The molecule has 0 N–H and O–H groups in total. The fraction of sp³-hybridized carbons (Fsp3) is 0.708. The molecule has 0 aromatic carbocycles. The quantitative estimate of drug-likeness (QED) is 0.258. The lowest BCUT2D eigenvalue weighted by molar-refractivity contribution is -0.195. The van der Waals surface area contributed by atoms with Gasteiger partial charge in [-0.15, -0.1) is 11.8 Å². The van der Waals surface area contributed by atoms with Crippen LogP contribution in [0.15, 0.2) is 6.20 Å². The van der Waals surface area contributed by atoms with Crippen molar-refractivity contribution in [2.24, 2.45) is 0 Å². The standard InChI is InChI=1S/C24H31ClF2N5O6PS/c1-5-34-39(33,35-6-2)13-40-11-16-18-19(38-23(3,4)37-18)22(36-16)32-21-15(10-29-32)17(14(9-28)20(25)30-21)31-8-7-24(26,27)12-31/h10,16,18-19,22H,5-8,11-13H2,1-4H3/t16-,18-,19-,22-/m1/s1. The second kappa shape index (κ2) is 11.3. The summed E-state index contributed by atoms with van der Waals surface area (Å²) in [6, 6.07) is 2.01. The Morgan fingerprint density at radius 3 is 2.60 bits per heavy atom. The number of aromatic nitrogens is 3. The Labute approximate surface area is 239 Å². The van der Waals surface area contributed by atoms with Gasteiger partial charge >= 0.3 is 7.60 Å². The summed E-state index contributed by atoms with van der Waals surface area (Å²) in [5.74, 6) is -3.38. The van der Waals surface area contributed by atoms with Gasteiger partial charge in [-0.2, -0.15) is 10.4 Å². The van der Waals surface area contributed by atoms with Crippen molar-refractivity contribution in [2.75, 3.05) is 42.4 Å². The van der Waals surface area contributed by atoms with Crippen molar-refractivity contribution >= 4 is 47.7 Å². The Hall–Kier alpha value is -1.56. The number of alkyl halides is 2. The number of pyridine rings is 1. The number of anilines is 1. The Kier molecular flexibility index (Phi) is 8.42. The number of fused-ring (bicyclic) bond motifs is 2. The van der Waals surface area contributed by atoms with E-state index in [1.54, 1.807) is 27.7 Å². The Morgan fingerprint density at radius 2 is 1.98 bits per heavy atom. The molecule has 4 atom stereocenters. The molecule has 5 heterocycles. The first-order chi connectivity index (χ1) is 18.9. The van der Waals surface area contributed by atoms with Crippen molar-refractivity contribution in [2.45, 2.75) is 70.4 Å². The van der Waals surface area contributed by atoms with Gasteiger partial charge in [0.1, 0.15) is 23.8 Å². The van der Waals surface area contributed by atoms with E-state index in [1.807, 2.05) is 6.07 Å². The largest absolute Gasteiger partial charge is 0.363 e. The zero-order valence-electron chi connectivity index (χ0n) is 22.5. The summed E-state index contributed by atoms with van der Waals surface area (Å²) in [7, 11) is -3.26. The summed E-state index contributed by atoms with van der Waals surface area (Å²) >= 11 is 7.76. The lowest BCUT2D eigenvalue weighted by atomic mass is 10.1. The smallest absolute Gasteiger partial charge is 0.340 e. The molecule has 0 bridgehead atoms. The molecule has 5 rings (SSSR count). The van der Waals surface area contributed by atoms with Gasteiger partial charge in [0.2, 0.25) is 0 Å². The second-order valence-electron chi connectivity index (χ2n) is 10.2. The highest BCUT2D eigenvalue weighted by Crippen LogP contribution is 2.52. The summed E-state index contributed by atoms with van der Waals surface area (Å²) in [6.45, 7) is 7.16. The van der Waals surface area contributed by atoms with E-state index in [1.165, 1.54) is 27.5 Å². The molecule has 220 valence electrons. The average Bonchev–Trinajstić information content (AvgIpc) is 3.60. The summed E-state index contributed by atoms with van der Waals surface area (Å²) in [5, 5.41) is 14.6. The maximum Gasteiger partial charge on any atom is 0.340 e. The van der Waals surface area contributed by atoms with Crippen LogP contribution in [0.4, 0.5) is 14.5 Å². The van der Waals surface area contributed by atoms with E-state index >= 15 is 0 Å². The fourth-order valence-electron chi connectivity index (χ4n) is 5.33. The fourth-order valence-corrected chi connectivity index (χ4v) is 8.82. The molecule has 3 saturated heterocycles. The molecule has 16 heteroatoms. The monoisotopic (exact) mass is 621 g/mol. The van der Waals surface area contributed by atoms with Crippen LogP contribution in [-0.2, 0) is 27.8 Å². The van der Waals surface area contributed by atoms with Crippen molar-refractivity contribution in [1.82, 2.24) is 14.8 Å². The summed E-state index contributed by atoms with van der Waals surface area (Å²) in [4.78, 5) is 5.86. The van der Waals surface area contributed by atoms with Crippen molar-refractivity contribution in [3.8, 4) is 6.07 Å². The van der Waals surface area contributed by atoms with Crippen molar-refractivity contribution in [1.29, 1.82) is 5.26 Å². The van der Waals surface area contributed by atoms with E-state index in [2.05, 4.69) is 10.1 Å². The first-order valence-corrected chi connectivity index (χ1v) is 16.2. The van der Waals surface area contributed by atoms with E-state index in [-0.39, 0.29) is 53.7 Å². The van der Waals surface area contributed by atoms with E-state index in [4.69, 9.17) is 34.9 Å². The van der Waals surface area contributed by atoms with Crippen LogP contribution in [-0.4, -0.2) is 82.3 Å². The lowest BCUT2D eigenvalue weighted by Crippen LogP contribution is -2.31. The number of rotatable bonds is 10. The van der Waals surface area contributed by atoms with E-state index in [0.717, 1.165) is 0 Å². The summed E-state index contributed by atoms with van der Waals surface area (Å²) in [6.07, 6.45) is -1.16. The number of hydrogen-bond donors (Lipinski definition) is 0. The van der Waals surface area contributed by atoms with Crippen LogP contribution >= 0.6 is 31.0 Å². The zero-order chi connectivity index (χ0) is 28.9. The second-order valence-corrected chi connectivity index (χ2v) is 14.0. The average molecular weight is 622 g/mol. The predicted molar refractivity (Wildman–Crippen MR) is 145 cm³/mol. The van der Waals surface area contributed by atoms with Crippen molar-refractivity contribution < 1.29 is 36.6 Å². The first kappa shape index (κ1) is 29.9. The van der Waals surface area contributed by atoms with E-state index in [9.17, 15) is 18.6 Å². The molecule has 3 fully saturated rings. The third kappa shape index (κ3) is 5.72. The van der Waals surface area contributed by atoms with Gasteiger partial charge in [-0.05, 0) is 27.7 Å². The van der Waals surface area contributed by atoms with Gasteiger partial charge in [-0.3, -0.25) is 4.57 Å². The van der Waals surface area contributed by atoms with E-state index in [0.29, 0.717) is 11.1 Å². The normalized spacial score (nSPS) is 27.4. The number of nitriles is 1. The van der Waals surface area contributed by atoms with Gasteiger partial charge in [-0.25, -0.2) is 18.4 Å². The molecule has 3 aliphatic rings. The van der Waals surface area contributed by atoms with Crippen LogP contribution < -0.4 is 4.90 Å². The highest BCUT2D eigenvalue weighted by atomic mass is 35.5. The van der Waals surface area contributed by atoms with Gasteiger partial charge in [0.25, 0.3) is 5.92 Å². The molecule has 2 aromatic rings. The van der Waals surface area contributed by atoms with Crippen LogP contribution in [0.1, 0.15) is 45.9 Å². The predicted octanol–water partition coefficient (Wildman–Crippen LogP) is 5.18. The molecule has 0 spiro atoms. The third-order valence-electron chi connectivity index (χ3n) is 6.82. The Morgan fingerprint density at radius 1 is 1.27 bits per heavy atom. The van der Waals surface area contributed by atoms with Gasteiger partial charge in [0, 0.05) is 18.7 Å². The molecular weight excluding hydrogens is 591 g/mol. The SMILES string of the molecule is CCOP(=O)(CSC[C@H]1O[C@@H](n2ncc3c(N4CCC(F)(F)C4)c(C#N)c(Cl)nc32)[C@@H]2OC(C)(C)O[C@@H]21)OCC. The Bertz CT molecular complexity index is 1350. The molecule has 0 radical (unpaired) electrons. The topological polar surface area (TPSA) is 121 Å². The molecular formula is C24H31ClF2N5O6PS. The van der Waals surface area contributed by atoms with Crippen molar-refractivity contribution in [3.05, 3.63) is 16.9 Å². The van der Waals surface area contributed by atoms with Crippen LogP contribution in [0, 0.1) is 11.3 Å². The lowest BCUT2D eigenvalue weighted by Gasteiger charge is -2.25. The molecule has 0 saturated carbocycles. The van der Waals surface area contributed by atoms with Crippen LogP contribution in [0.3, 0.4) is 0 Å². The number of halogens is 3. The maximum atomic E-state index is 14.1. The minimum atomic E-state index is -3.26. The third-order valence-corrected chi connectivity index (χ3v) is 11.0. The van der Waals surface area contributed by atoms with Crippen LogP contribution in [0.5, 0.6) is 0 Å². The molecule has 0 aliphatic carbocycles. The van der Waals surface area contributed by atoms with Gasteiger partial charge in [0.15, 0.2) is 22.8 Å². The number of hydrogen-bond acceptors (Lipinski definition) is 11. The van der Waals surface area contributed by atoms with Gasteiger partial charge in [-0.1, -0.05) is 11.6 Å². The van der Waals surface area contributed by atoms with Crippen LogP contribution in [0.25, 0.3) is 11.0 Å². The van der Waals surface area contributed by atoms with Crippen molar-refractivity contribution in [3.63, 3.8) is 0 Å². The Balaban J connectivity index is 1.45. The highest BCUT2D eigenvalue weighted by molar-refractivity contribution is 8.04. The number of ether oxygens (including phenoxy) is 3. The number of nitrogens with zero attached hydrogens (tertiary/aromatic N) is 5. The molecule has 2 aromatic heterocycles. The first-order valence-electron chi connectivity index (χ1n) is 13.0. The van der Waals surface area contributed by atoms with Gasteiger partial charge in [0.05, 0.1) is 48.6 Å². The van der Waals surface area contributed by atoms with Gasteiger partial charge < -0.3 is 28.2 Å². The minimum Gasteiger partial charge on any atom is -0.363 e.